The molecule has 21 heavy (non-hydrogen) atoms. The van der Waals surface area contributed by atoms with Crippen molar-refractivity contribution in [1.82, 2.24) is 14.2 Å². The Hall–Kier alpha value is -0.850. The Labute approximate surface area is 129 Å². The number of nitrogens with zero attached hydrogens (tertiary/aromatic N) is 2. The first-order chi connectivity index (χ1) is 9.70. The highest BCUT2D eigenvalue weighted by molar-refractivity contribution is 7.89. The average molecular weight is 315 g/mol. The van der Waals surface area contributed by atoms with Gasteiger partial charge in [-0.15, -0.1) is 0 Å². The highest BCUT2D eigenvalue weighted by Crippen LogP contribution is 2.22. The molecule has 0 amide bonds. The van der Waals surface area contributed by atoms with Crippen LogP contribution >= 0.6 is 0 Å². The number of aromatic nitrogens is 1. The van der Waals surface area contributed by atoms with Crippen molar-refractivity contribution >= 4 is 10.0 Å². The van der Waals surface area contributed by atoms with E-state index >= 15 is 0 Å². The molecule has 0 fully saturated rings. The molecule has 1 heterocycles. The fourth-order valence-corrected chi connectivity index (χ4v) is 3.42. The third-order valence-corrected chi connectivity index (χ3v) is 5.37. The van der Waals surface area contributed by atoms with Crippen LogP contribution < -0.4 is 5.32 Å². The molecular formula is C15H29N3O2S. The van der Waals surface area contributed by atoms with E-state index in [0.717, 1.165) is 12.1 Å². The Morgan fingerprint density at radius 1 is 1.29 bits per heavy atom. The van der Waals surface area contributed by atoms with Gasteiger partial charge < -0.3 is 9.88 Å². The van der Waals surface area contributed by atoms with E-state index in [-0.39, 0.29) is 6.04 Å². The summed E-state index contributed by atoms with van der Waals surface area (Å²) in [5.41, 5.74) is 0.989. The SMILES string of the molecule is CNCc1cc(S(=O)(=O)N(C)CCC(C)C)cn1C(C)C. The van der Waals surface area contributed by atoms with Gasteiger partial charge in [0.25, 0.3) is 0 Å². The Bertz CT molecular complexity index is 547. The van der Waals surface area contributed by atoms with Crippen molar-refractivity contribution < 1.29 is 8.42 Å². The van der Waals surface area contributed by atoms with Gasteiger partial charge in [0.15, 0.2) is 0 Å². The van der Waals surface area contributed by atoms with Crippen LogP contribution in [0.25, 0.3) is 0 Å². The Morgan fingerprint density at radius 2 is 1.90 bits per heavy atom. The summed E-state index contributed by atoms with van der Waals surface area (Å²) < 4.78 is 28.7. The molecule has 0 saturated carbocycles. The van der Waals surface area contributed by atoms with Crippen LogP contribution in [0.4, 0.5) is 0 Å². The predicted molar refractivity (Wildman–Crippen MR) is 86.9 cm³/mol. The Balaban J connectivity index is 3.05. The van der Waals surface area contributed by atoms with Crippen molar-refractivity contribution in [3.63, 3.8) is 0 Å². The molecule has 1 N–H and O–H groups in total. The maximum Gasteiger partial charge on any atom is 0.244 e. The lowest BCUT2D eigenvalue weighted by Crippen LogP contribution is -2.28. The van der Waals surface area contributed by atoms with Gasteiger partial charge in [0.1, 0.15) is 4.90 Å². The maximum absolute atomic E-state index is 12.6. The molecule has 0 spiro atoms. The quantitative estimate of drug-likeness (QED) is 0.802. The third-order valence-electron chi connectivity index (χ3n) is 3.55. The number of sulfonamides is 1. The first-order valence-corrected chi connectivity index (χ1v) is 8.95. The van der Waals surface area contributed by atoms with Crippen LogP contribution in [0.3, 0.4) is 0 Å². The third kappa shape index (κ3) is 4.56. The van der Waals surface area contributed by atoms with Gasteiger partial charge in [0, 0.05) is 38.1 Å². The monoisotopic (exact) mass is 315 g/mol. The van der Waals surface area contributed by atoms with Gasteiger partial charge in [0.2, 0.25) is 10.0 Å². The Kier molecular flexibility index (Phi) is 6.43. The fraction of sp³-hybridized carbons (Fsp3) is 0.733. The van der Waals surface area contributed by atoms with Crippen LogP contribution in [0.1, 0.15) is 45.9 Å². The molecule has 0 aliphatic carbocycles. The minimum atomic E-state index is -3.40. The van der Waals surface area contributed by atoms with Crippen molar-refractivity contribution in [3.05, 3.63) is 18.0 Å². The molecule has 5 nitrogen and oxygen atoms in total. The van der Waals surface area contributed by atoms with Crippen molar-refractivity contribution in [2.75, 3.05) is 20.6 Å². The molecule has 0 unspecified atom stereocenters. The van der Waals surface area contributed by atoms with E-state index in [2.05, 4.69) is 33.0 Å². The summed E-state index contributed by atoms with van der Waals surface area (Å²) in [6.07, 6.45) is 2.61. The maximum atomic E-state index is 12.6. The molecule has 0 atom stereocenters. The smallest absolute Gasteiger partial charge is 0.244 e. The highest BCUT2D eigenvalue weighted by Gasteiger charge is 2.24. The topological polar surface area (TPSA) is 54.3 Å². The molecule has 0 radical (unpaired) electrons. The van der Waals surface area contributed by atoms with E-state index in [0.29, 0.717) is 23.9 Å². The van der Waals surface area contributed by atoms with Gasteiger partial charge in [-0.2, -0.15) is 0 Å². The summed E-state index contributed by atoms with van der Waals surface area (Å²) in [7, 11) is 0.113. The summed E-state index contributed by atoms with van der Waals surface area (Å²) in [4.78, 5) is 0.382. The molecule has 1 aromatic heterocycles. The molecule has 1 rings (SSSR count). The lowest BCUT2D eigenvalue weighted by molar-refractivity contribution is 0.428. The normalized spacial score (nSPS) is 12.8. The van der Waals surface area contributed by atoms with Crippen LogP contribution in [0.15, 0.2) is 17.2 Å². The van der Waals surface area contributed by atoms with Gasteiger partial charge in [-0.25, -0.2) is 12.7 Å². The number of hydrogen-bond donors (Lipinski definition) is 1. The van der Waals surface area contributed by atoms with Gasteiger partial charge >= 0.3 is 0 Å². The van der Waals surface area contributed by atoms with Gasteiger partial charge in [-0.05, 0) is 39.3 Å². The second kappa shape index (κ2) is 7.42. The van der Waals surface area contributed by atoms with Gasteiger partial charge in [0.05, 0.1) is 0 Å². The molecule has 6 heteroatoms. The molecule has 0 aliphatic rings. The molecule has 0 aliphatic heterocycles. The second-order valence-electron chi connectivity index (χ2n) is 6.21. The van der Waals surface area contributed by atoms with E-state index in [1.54, 1.807) is 19.3 Å². The predicted octanol–water partition coefficient (Wildman–Crippen LogP) is 2.46. The van der Waals surface area contributed by atoms with Crippen LogP contribution in [0, 0.1) is 5.92 Å². The molecule has 0 saturated heterocycles. The summed E-state index contributed by atoms with van der Waals surface area (Å²) >= 11 is 0. The number of rotatable bonds is 8. The first-order valence-electron chi connectivity index (χ1n) is 7.51. The summed E-state index contributed by atoms with van der Waals surface area (Å²) in [5.74, 6) is 0.489. The van der Waals surface area contributed by atoms with Crippen LogP contribution in [-0.4, -0.2) is 37.9 Å². The lowest BCUT2D eigenvalue weighted by atomic mass is 10.1. The minimum Gasteiger partial charge on any atom is -0.346 e. The van der Waals surface area contributed by atoms with E-state index in [1.807, 2.05) is 11.6 Å². The zero-order chi connectivity index (χ0) is 16.2. The van der Waals surface area contributed by atoms with Crippen molar-refractivity contribution in [2.24, 2.45) is 5.92 Å². The molecule has 0 bridgehead atoms. The summed E-state index contributed by atoms with van der Waals surface area (Å²) in [6, 6.07) is 2.01. The van der Waals surface area contributed by atoms with Crippen LogP contribution in [-0.2, 0) is 16.6 Å². The van der Waals surface area contributed by atoms with Crippen molar-refractivity contribution in [1.29, 1.82) is 0 Å². The van der Waals surface area contributed by atoms with Crippen molar-refractivity contribution in [2.45, 2.75) is 51.6 Å². The minimum absolute atomic E-state index is 0.235. The fourth-order valence-electron chi connectivity index (χ4n) is 2.18. The van der Waals surface area contributed by atoms with Crippen molar-refractivity contribution in [3.8, 4) is 0 Å². The van der Waals surface area contributed by atoms with E-state index in [1.165, 1.54) is 4.31 Å². The standard InChI is InChI=1S/C15H29N3O2S/c1-12(2)7-8-17(6)21(19,20)15-9-14(10-16-5)18(11-15)13(3)4/h9,11-13,16H,7-8,10H2,1-6H3. The van der Waals surface area contributed by atoms with Crippen LogP contribution in [0.5, 0.6) is 0 Å². The van der Waals surface area contributed by atoms with E-state index < -0.39 is 10.0 Å². The molecular weight excluding hydrogens is 286 g/mol. The van der Waals surface area contributed by atoms with E-state index in [4.69, 9.17) is 0 Å². The number of hydrogen-bond acceptors (Lipinski definition) is 3. The first kappa shape index (κ1) is 18.2. The average Bonchev–Trinajstić information content (AvgIpc) is 2.81. The molecule has 122 valence electrons. The van der Waals surface area contributed by atoms with Crippen LogP contribution in [0.2, 0.25) is 0 Å². The number of nitrogens with one attached hydrogen (secondary N) is 1. The second-order valence-corrected chi connectivity index (χ2v) is 8.25. The highest BCUT2D eigenvalue weighted by atomic mass is 32.2. The Morgan fingerprint density at radius 3 is 2.38 bits per heavy atom. The van der Waals surface area contributed by atoms with Gasteiger partial charge in [-0.1, -0.05) is 13.8 Å². The summed E-state index contributed by atoms with van der Waals surface area (Å²) in [5, 5.41) is 3.08. The van der Waals surface area contributed by atoms with E-state index in [9.17, 15) is 8.42 Å². The lowest BCUT2D eigenvalue weighted by Gasteiger charge is -2.17. The zero-order valence-electron chi connectivity index (χ0n) is 14.0. The summed E-state index contributed by atoms with van der Waals surface area (Å²) in [6.45, 7) is 9.51. The largest absolute Gasteiger partial charge is 0.346 e. The van der Waals surface area contributed by atoms with Gasteiger partial charge in [-0.3, -0.25) is 0 Å². The zero-order valence-corrected chi connectivity index (χ0v) is 14.9. The molecule has 1 aromatic rings. The molecule has 0 aromatic carbocycles.